The second kappa shape index (κ2) is 3.25. The molecule has 1 aliphatic carbocycles. The van der Waals surface area contributed by atoms with E-state index in [1.54, 1.807) is 0 Å². The third-order valence-electron chi connectivity index (χ3n) is 4.25. The Morgan fingerprint density at radius 2 is 1.71 bits per heavy atom. The second-order valence-electron chi connectivity index (χ2n) is 5.58. The predicted octanol–water partition coefficient (Wildman–Crippen LogP) is 2.29. The van der Waals surface area contributed by atoms with Gasteiger partial charge in [0.25, 0.3) is 0 Å². The summed E-state index contributed by atoms with van der Waals surface area (Å²) in [5.41, 5.74) is 0.00375. The molecular formula is C12H21NO. The highest BCUT2D eigenvalue weighted by Crippen LogP contribution is 2.43. The monoisotopic (exact) mass is 195 g/mol. The molecule has 1 amide bonds. The summed E-state index contributed by atoms with van der Waals surface area (Å²) in [5, 5.41) is 0. The van der Waals surface area contributed by atoms with E-state index in [0.29, 0.717) is 17.7 Å². The molecule has 0 radical (unpaired) electrons. The molecule has 2 heteroatoms. The molecule has 2 fully saturated rings. The van der Waals surface area contributed by atoms with E-state index in [2.05, 4.69) is 25.7 Å². The summed E-state index contributed by atoms with van der Waals surface area (Å²) in [6.45, 7) is 8.60. The highest BCUT2D eigenvalue weighted by molar-refractivity contribution is 5.83. The van der Waals surface area contributed by atoms with Crippen LogP contribution < -0.4 is 0 Å². The Morgan fingerprint density at radius 3 is 2.07 bits per heavy atom. The standard InChI is InChI=1S/C12H21NO/c1-9-7-13(8-10(9)2)11(14)12(3)5-4-6-12/h9-10H,4-8H2,1-3H3/t9-,10+. The van der Waals surface area contributed by atoms with Crippen molar-refractivity contribution in [2.45, 2.75) is 40.0 Å². The third-order valence-corrected chi connectivity index (χ3v) is 4.25. The summed E-state index contributed by atoms with van der Waals surface area (Å²) in [5.74, 6) is 1.78. The van der Waals surface area contributed by atoms with Gasteiger partial charge in [-0.05, 0) is 24.7 Å². The predicted molar refractivity (Wildman–Crippen MR) is 56.9 cm³/mol. The Kier molecular flexibility index (Phi) is 2.32. The molecule has 0 aromatic rings. The molecule has 2 rings (SSSR count). The van der Waals surface area contributed by atoms with Crippen LogP contribution in [0.2, 0.25) is 0 Å². The van der Waals surface area contributed by atoms with Crippen LogP contribution in [-0.4, -0.2) is 23.9 Å². The fourth-order valence-electron chi connectivity index (χ4n) is 2.60. The van der Waals surface area contributed by atoms with Gasteiger partial charge in [0.05, 0.1) is 0 Å². The minimum absolute atomic E-state index is 0.00375. The largest absolute Gasteiger partial charge is 0.342 e. The third kappa shape index (κ3) is 1.45. The Balaban J connectivity index is 1.99. The number of rotatable bonds is 1. The van der Waals surface area contributed by atoms with Crippen LogP contribution in [0.3, 0.4) is 0 Å². The fraction of sp³-hybridized carbons (Fsp3) is 0.917. The van der Waals surface area contributed by atoms with Crippen molar-refractivity contribution in [3.05, 3.63) is 0 Å². The van der Waals surface area contributed by atoms with Gasteiger partial charge in [0.1, 0.15) is 0 Å². The van der Waals surface area contributed by atoms with E-state index in [0.717, 1.165) is 25.9 Å². The molecule has 80 valence electrons. The number of hydrogen-bond donors (Lipinski definition) is 0. The lowest BCUT2D eigenvalue weighted by molar-refractivity contribution is -0.145. The summed E-state index contributed by atoms with van der Waals surface area (Å²) < 4.78 is 0. The van der Waals surface area contributed by atoms with Gasteiger partial charge >= 0.3 is 0 Å². The average Bonchev–Trinajstić information content (AvgIpc) is 2.42. The van der Waals surface area contributed by atoms with E-state index in [1.807, 2.05) is 0 Å². The van der Waals surface area contributed by atoms with Crippen molar-refractivity contribution in [1.29, 1.82) is 0 Å². The van der Waals surface area contributed by atoms with Gasteiger partial charge in [-0.25, -0.2) is 0 Å². The van der Waals surface area contributed by atoms with Crippen LogP contribution in [-0.2, 0) is 4.79 Å². The van der Waals surface area contributed by atoms with Crippen molar-refractivity contribution >= 4 is 5.91 Å². The molecule has 1 saturated heterocycles. The number of amides is 1. The van der Waals surface area contributed by atoms with Crippen LogP contribution in [0.5, 0.6) is 0 Å². The van der Waals surface area contributed by atoms with Crippen LogP contribution in [0.25, 0.3) is 0 Å². The molecule has 0 N–H and O–H groups in total. The molecule has 1 aliphatic heterocycles. The summed E-state index contributed by atoms with van der Waals surface area (Å²) in [6, 6.07) is 0. The Morgan fingerprint density at radius 1 is 1.21 bits per heavy atom. The lowest BCUT2D eigenvalue weighted by Gasteiger charge is -2.39. The maximum absolute atomic E-state index is 12.2. The van der Waals surface area contributed by atoms with Crippen LogP contribution in [0.15, 0.2) is 0 Å². The van der Waals surface area contributed by atoms with E-state index in [9.17, 15) is 4.79 Å². The van der Waals surface area contributed by atoms with Crippen LogP contribution in [0.4, 0.5) is 0 Å². The highest BCUT2D eigenvalue weighted by Gasteiger charge is 2.44. The molecule has 0 spiro atoms. The Bertz CT molecular complexity index is 235. The zero-order valence-corrected chi connectivity index (χ0v) is 9.55. The van der Waals surface area contributed by atoms with Gasteiger partial charge < -0.3 is 4.90 Å². The molecule has 0 aromatic carbocycles. The van der Waals surface area contributed by atoms with Crippen molar-refractivity contribution in [2.75, 3.05) is 13.1 Å². The molecular weight excluding hydrogens is 174 g/mol. The van der Waals surface area contributed by atoms with Gasteiger partial charge in [0.2, 0.25) is 5.91 Å². The first kappa shape index (κ1) is 10.0. The van der Waals surface area contributed by atoms with Gasteiger partial charge in [-0.15, -0.1) is 0 Å². The number of likely N-dealkylation sites (tertiary alicyclic amines) is 1. The number of carbonyl (C=O) groups is 1. The van der Waals surface area contributed by atoms with Crippen LogP contribution in [0, 0.1) is 17.3 Å². The van der Waals surface area contributed by atoms with Crippen LogP contribution in [0.1, 0.15) is 40.0 Å². The van der Waals surface area contributed by atoms with Crippen molar-refractivity contribution in [3.63, 3.8) is 0 Å². The van der Waals surface area contributed by atoms with Crippen molar-refractivity contribution in [3.8, 4) is 0 Å². The van der Waals surface area contributed by atoms with E-state index < -0.39 is 0 Å². The van der Waals surface area contributed by atoms with Gasteiger partial charge in [-0.3, -0.25) is 4.79 Å². The molecule has 1 heterocycles. The Labute approximate surface area is 86.7 Å². The maximum Gasteiger partial charge on any atom is 0.228 e. The minimum Gasteiger partial charge on any atom is -0.342 e. The zero-order chi connectivity index (χ0) is 10.3. The van der Waals surface area contributed by atoms with Crippen molar-refractivity contribution < 1.29 is 4.79 Å². The lowest BCUT2D eigenvalue weighted by atomic mass is 9.69. The highest BCUT2D eigenvalue weighted by atomic mass is 16.2. The van der Waals surface area contributed by atoms with Crippen LogP contribution >= 0.6 is 0 Å². The normalized spacial score (nSPS) is 35.5. The van der Waals surface area contributed by atoms with Gasteiger partial charge in [-0.1, -0.05) is 27.2 Å². The molecule has 2 nitrogen and oxygen atoms in total. The first-order valence-corrected chi connectivity index (χ1v) is 5.82. The summed E-state index contributed by atoms with van der Waals surface area (Å²) in [7, 11) is 0. The maximum atomic E-state index is 12.2. The number of hydrogen-bond acceptors (Lipinski definition) is 1. The molecule has 0 aromatic heterocycles. The zero-order valence-electron chi connectivity index (χ0n) is 9.55. The molecule has 14 heavy (non-hydrogen) atoms. The van der Waals surface area contributed by atoms with E-state index in [4.69, 9.17) is 0 Å². The summed E-state index contributed by atoms with van der Waals surface area (Å²) >= 11 is 0. The molecule has 2 atom stereocenters. The minimum atomic E-state index is 0.00375. The number of nitrogens with zero attached hydrogens (tertiary/aromatic N) is 1. The smallest absolute Gasteiger partial charge is 0.228 e. The topological polar surface area (TPSA) is 20.3 Å². The number of carbonyl (C=O) groups excluding carboxylic acids is 1. The van der Waals surface area contributed by atoms with Crippen molar-refractivity contribution in [1.82, 2.24) is 4.90 Å². The molecule has 0 bridgehead atoms. The first-order valence-electron chi connectivity index (χ1n) is 5.82. The Hall–Kier alpha value is -0.530. The molecule has 1 saturated carbocycles. The quantitative estimate of drug-likeness (QED) is 0.628. The van der Waals surface area contributed by atoms with E-state index in [-0.39, 0.29) is 5.41 Å². The second-order valence-corrected chi connectivity index (χ2v) is 5.58. The average molecular weight is 195 g/mol. The SMILES string of the molecule is C[C@@H]1CN(C(=O)C2(C)CCC2)C[C@@H]1C. The summed E-state index contributed by atoms with van der Waals surface area (Å²) in [4.78, 5) is 14.3. The fourth-order valence-corrected chi connectivity index (χ4v) is 2.60. The first-order chi connectivity index (χ1) is 6.53. The van der Waals surface area contributed by atoms with Gasteiger partial charge in [0, 0.05) is 18.5 Å². The van der Waals surface area contributed by atoms with Gasteiger partial charge in [0.15, 0.2) is 0 Å². The van der Waals surface area contributed by atoms with Crippen molar-refractivity contribution in [2.24, 2.45) is 17.3 Å². The lowest BCUT2D eigenvalue weighted by Crippen LogP contribution is -2.45. The summed E-state index contributed by atoms with van der Waals surface area (Å²) in [6.07, 6.45) is 3.44. The van der Waals surface area contributed by atoms with Gasteiger partial charge in [-0.2, -0.15) is 0 Å². The van der Waals surface area contributed by atoms with E-state index in [1.165, 1.54) is 6.42 Å². The molecule has 2 aliphatic rings. The van der Waals surface area contributed by atoms with E-state index >= 15 is 0 Å². The molecule has 0 unspecified atom stereocenters.